The standard InChI is InChI=1S/C17H26F2N2O2/c1-2-8-21-9-6-14(7-10-21)20-12-16(22)13-4-3-5-15(11-13)23-17(18)19/h3-5,11,14,16-17,20,22H,2,6-10,12H2,1H3. The molecule has 0 bridgehead atoms. The zero-order chi connectivity index (χ0) is 16.7. The van der Waals surface area contributed by atoms with Crippen molar-refractivity contribution in [1.82, 2.24) is 10.2 Å². The van der Waals surface area contributed by atoms with Crippen molar-refractivity contribution >= 4 is 0 Å². The fourth-order valence-electron chi connectivity index (χ4n) is 2.97. The fraction of sp³-hybridized carbons (Fsp3) is 0.647. The Morgan fingerprint density at radius 1 is 1.35 bits per heavy atom. The lowest BCUT2D eigenvalue weighted by molar-refractivity contribution is -0.0499. The van der Waals surface area contributed by atoms with Crippen LogP contribution in [0.4, 0.5) is 8.78 Å². The Hall–Kier alpha value is -1.24. The molecular formula is C17H26F2N2O2. The summed E-state index contributed by atoms with van der Waals surface area (Å²) in [6.45, 7) is 3.06. The van der Waals surface area contributed by atoms with E-state index in [0.717, 1.165) is 32.5 Å². The number of hydrogen-bond acceptors (Lipinski definition) is 4. The second-order valence-corrected chi connectivity index (χ2v) is 5.99. The SMILES string of the molecule is CCCN1CCC(NCC(O)c2cccc(OC(F)F)c2)CC1. The molecule has 1 fully saturated rings. The Balaban J connectivity index is 1.78. The number of alkyl halides is 2. The number of nitrogens with zero attached hydrogens (tertiary/aromatic N) is 1. The van der Waals surface area contributed by atoms with Crippen LogP contribution >= 0.6 is 0 Å². The van der Waals surface area contributed by atoms with Crippen LogP contribution in [0.3, 0.4) is 0 Å². The van der Waals surface area contributed by atoms with E-state index in [1.165, 1.54) is 18.6 Å². The van der Waals surface area contributed by atoms with Crippen LogP contribution in [-0.2, 0) is 0 Å². The molecule has 6 heteroatoms. The molecule has 0 spiro atoms. The molecule has 0 aliphatic carbocycles. The highest BCUT2D eigenvalue weighted by Crippen LogP contribution is 2.21. The second kappa shape index (κ2) is 9.15. The molecule has 1 aliphatic heterocycles. The van der Waals surface area contributed by atoms with Crippen LogP contribution in [0.5, 0.6) is 5.75 Å². The maximum Gasteiger partial charge on any atom is 0.387 e. The molecule has 2 N–H and O–H groups in total. The number of nitrogens with one attached hydrogen (secondary N) is 1. The maximum absolute atomic E-state index is 12.2. The second-order valence-electron chi connectivity index (χ2n) is 5.99. The first-order valence-electron chi connectivity index (χ1n) is 8.27. The number of benzene rings is 1. The number of halogens is 2. The summed E-state index contributed by atoms with van der Waals surface area (Å²) in [4.78, 5) is 2.46. The van der Waals surface area contributed by atoms with Crippen molar-refractivity contribution in [3.63, 3.8) is 0 Å². The van der Waals surface area contributed by atoms with Gasteiger partial charge in [0.05, 0.1) is 6.10 Å². The van der Waals surface area contributed by atoms with Crippen LogP contribution < -0.4 is 10.1 Å². The van der Waals surface area contributed by atoms with Gasteiger partial charge in [-0.25, -0.2) is 0 Å². The highest BCUT2D eigenvalue weighted by atomic mass is 19.3. The third-order valence-corrected chi connectivity index (χ3v) is 4.20. The van der Waals surface area contributed by atoms with Gasteiger partial charge in [0.15, 0.2) is 0 Å². The third kappa shape index (κ3) is 6.05. The minimum atomic E-state index is -2.85. The van der Waals surface area contributed by atoms with Crippen molar-refractivity contribution in [2.24, 2.45) is 0 Å². The van der Waals surface area contributed by atoms with Crippen LogP contribution in [0.2, 0.25) is 0 Å². The summed E-state index contributed by atoms with van der Waals surface area (Å²) in [5.41, 5.74) is 0.582. The van der Waals surface area contributed by atoms with Gasteiger partial charge in [-0.3, -0.25) is 0 Å². The van der Waals surface area contributed by atoms with Gasteiger partial charge in [0.25, 0.3) is 0 Å². The lowest BCUT2D eigenvalue weighted by Gasteiger charge is -2.32. The predicted octanol–water partition coefficient (Wildman–Crippen LogP) is 2.79. The Kier molecular flexibility index (Phi) is 7.20. The van der Waals surface area contributed by atoms with Gasteiger partial charge in [-0.2, -0.15) is 8.78 Å². The monoisotopic (exact) mass is 328 g/mol. The van der Waals surface area contributed by atoms with E-state index in [9.17, 15) is 13.9 Å². The van der Waals surface area contributed by atoms with Gasteiger partial charge < -0.3 is 20.1 Å². The van der Waals surface area contributed by atoms with E-state index in [2.05, 4.69) is 21.9 Å². The first-order chi connectivity index (χ1) is 11.1. The topological polar surface area (TPSA) is 44.7 Å². The average Bonchev–Trinajstić information content (AvgIpc) is 2.54. The van der Waals surface area contributed by atoms with Crippen molar-refractivity contribution in [1.29, 1.82) is 0 Å². The van der Waals surface area contributed by atoms with Gasteiger partial charge in [-0.05, 0) is 56.6 Å². The van der Waals surface area contributed by atoms with Crippen LogP contribution in [0.1, 0.15) is 37.9 Å². The first kappa shape index (κ1) is 18.1. The van der Waals surface area contributed by atoms with Crippen molar-refractivity contribution in [3.05, 3.63) is 29.8 Å². The van der Waals surface area contributed by atoms with Gasteiger partial charge in [0.1, 0.15) is 5.75 Å². The van der Waals surface area contributed by atoms with E-state index in [4.69, 9.17) is 0 Å². The van der Waals surface area contributed by atoms with E-state index < -0.39 is 12.7 Å². The summed E-state index contributed by atoms with van der Waals surface area (Å²) in [5, 5.41) is 13.6. The molecule has 130 valence electrons. The molecule has 0 amide bonds. The van der Waals surface area contributed by atoms with Crippen molar-refractivity contribution in [2.45, 2.75) is 44.9 Å². The Morgan fingerprint density at radius 2 is 2.09 bits per heavy atom. The molecule has 1 heterocycles. The van der Waals surface area contributed by atoms with Crippen LogP contribution in [0, 0.1) is 0 Å². The number of aliphatic hydroxyl groups is 1. The smallest absolute Gasteiger partial charge is 0.387 e. The molecule has 0 aromatic heterocycles. The zero-order valence-electron chi connectivity index (χ0n) is 13.5. The number of hydrogen-bond donors (Lipinski definition) is 2. The van der Waals surface area contributed by atoms with Crippen LogP contribution in [-0.4, -0.2) is 48.8 Å². The number of ether oxygens (including phenoxy) is 1. The largest absolute Gasteiger partial charge is 0.435 e. The quantitative estimate of drug-likeness (QED) is 0.770. The molecule has 1 aliphatic rings. The molecule has 4 nitrogen and oxygen atoms in total. The Morgan fingerprint density at radius 3 is 2.74 bits per heavy atom. The zero-order valence-corrected chi connectivity index (χ0v) is 13.5. The van der Waals surface area contributed by atoms with E-state index in [1.807, 2.05) is 0 Å². The van der Waals surface area contributed by atoms with Crippen LogP contribution in [0.15, 0.2) is 24.3 Å². The van der Waals surface area contributed by atoms with Crippen molar-refractivity contribution in [2.75, 3.05) is 26.2 Å². The summed E-state index contributed by atoms with van der Waals surface area (Å²) in [5.74, 6) is 0.0735. The fourth-order valence-corrected chi connectivity index (χ4v) is 2.97. The third-order valence-electron chi connectivity index (χ3n) is 4.20. The molecule has 1 aromatic rings. The summed E-state index contributed by atoms with van der Waals surface area (Å²) in [6, 6.07) is 6.65. The highest BCUT2D eigenvalue weighted by molar-refractivity contribution is 5.30. The molecule has 1 atom stereocenters. The molecule has 1 aromatic carbocycles. The lowest BCUT2D eigenvalue weighted by Crippen LogP contribution is -2.43. The van der Waals surface area contributed by atoms with Gasteiger partial charge in [-0.15, -0.1) is 0 Å². The summed E-state index contributed by atoms with van der Waals surface area (Å²) in [7, 11) is 0. The number of aliphatic hydroxyl groups excluding tert-OH is 1. The first-order valence-corrected chi connectivity index (χ1v) is 8.27. The normalized spacial score (nSPS) is 18.3. The van der Waals surface area contributed by atoms with Crippen molar-refractivity contribution < 1.29 is 18.6 Å². The number of likely N-dealkylation sites (tertiary alicyclic amines) is 1. The lowest BCUT2D eigenvalue weighted by atomic mass is 10.0. The van der Waals surface area contributed by atoms with Crippen molar-refractivity contribution in [3.8, 4) is 5.75 Å². The van der Waals surface area contributed by atoms with Gasteiger partial charge in [-0.1, -0.05) is 19.1 Å². The van der Waals surface area contributed by atoms with Gasteiger partial charge in [0.2, 0.25) is 0 Å². The minimum absolute atomic E-state index is 0.0735. The van der Waals surface area contributed by atoms with Gasteiger partial charge in [0, 0.05) is 12.6 Å². The number of rotatable bonds is 8. The summed E-state index contributed by atoms with van der Waals surface area (Å²) < 4.78 is 28.8. The molecular weight excluding hydrogens is 302 g/mol. The van der Waals surface area contributed by atoms with E-state index in [0.29, 0.717) is 18.2 Å². The predicted molar refractivity (Wildman–Crippen MR) is 85.8 cm³/mol. The van der Waals surface area contributed by atoms with E-state index in [1.54, 1.807) is 12.1 Å². The molecule has 2 rings (SSSR count). The molecule has 0 saturated carbocycles. The van der Waals surface area contributed by atoms with E-state index >= 15 is 0 Å². The molecule has 1 unspecified atom stereocenters. The van der Waals surface area contributed by atoms with Crippen LogP contribution in [0.25, 0.3) is 0 Å². The summed E-state index contributed by atoms with van der Waals surface area (Å²) in [6.07, 6.45) is 2.58. The average molecular weight is 328 g/mol. The molecule has 23 heavy (non-hydrogen) atoms. The molecule has 1 saturated heterocycles. The van der Waals surface area contributed by atoms with E-state index in [-0.39, 0.29) is 5.75 Å². The molecule has 0 radical (unpaired) electrons. The maximum atomic E-state index is 12.2. The van der Waals surface area contributed by atoms with Gasteiger partial charge >= 0.3 is 6.61 Å². The minimum Gasteiger partial charge on any atom is -0.435 e. The Bertz CT molecular complexity index is 466. The highest BCUT2D eigenvalue weighted by Gasteiger charge is 2.19. The summed E-state index contributed by atoms with van der Waals surface area (Å²) >= 11 is 0. The number of piperidine rings is 1. The Labute approximate surface area is 136 Å².